The summed E-state index contributed by atoms with van der Waals surface area (Å²) in [6, 6.07) is 13.9. The number of aromatic nitrogens is 2. The zero-order valence-electron chi connectivity index (χ0n) is 22.8. The van der Waals surface area contributed by atoms with E-state index >= 15 is 0 Å². The Balaban J connectivity index is 1.79. The molecule has 0 saturated heterocycles. The number of imidazole rings is 1. The molecule has 0 radical (unpaired) electrons. The predicted molar refractivity (Wildman–Crippen MR) is 157 cm³/mol. The molecule has 3 aromatic rings. The topological polar surface area (TPSA) is 179 Å². The van der Waals surface area contributed by atoms with E-state index in [2.05, 4.69) is 25.9 Å². The van der Waals surface area contributed by atoms with Crippen molar-refractivity contribution < 1.29 is 24.3 Å². The number of aromatic amines is 1. The third kappa shape index (κ3) is 10.4. The van der Waals surface area contributed by atoms with E-state index in [4.69, 9.17) is 5.73 Å². The van der Waals surface area contributed by atoms with Crippen molar-refractivity contribution in [2.24, 2.45) is 5.73 Å². The van der Waals surface area contributed by atoms with E-state index in [1.165, 1.54) is 12.5 Å². The van der Waals surface area contributed by atoms with Gasteiger partial charge in [-0.2, -0.15) is 11.8 Å². The number of carbonyl (C=O) groups excluding carboxylic acids is 3. The summed E-state index contributed by atoms with van der Waals surface area (Å²) >= 11 is 1.56. The highest BCUT2D eigenvalue weighted by Gasteiger charge is 2.31. The maximum atomic E-state index is 13.6. The number of amides is 3. The number of H-pyrrole nitrogens is 1. The first-order valence-electron chi connectivity index (χ1n) is 13.2. The molecule has 0 aliphatic heterocycles. The molecule has 1 heterocycles. The number of thioether (sulfide) groups is 1. The molecule has 0 bridgehead atoms. The quantitative estimate of drug-likeness (QED) is 0.146. The van der Waals surface area contributed by atoms with Gasteiger partial charge in [-0.25, -0.2) is 9.78 Å². The average molecular weight is 581 g/mol. The molecule has 11 nitrogen and oxygen atoms in total. The summed E-state index contributed by atoms with van der Waals surface area (Å²) in [6.07, 6.45) is 5.56. The second-order valence-corrected chi connectivity index (χ2v) is 10.6. The molecule has 0 spiro atoms. The normalized spacial score (nSPS) is 13.8. The lowest BCUT2D eigenvalue weighted by Crippen LogP contribution is -2.58. The predicted octanol–water partition coefficient (Wildman–Crippen LogP) is 1.06. The van der Waals surface area contributed by atoms with Crippen molar-refractivity contribution in [3.63, 3.8) is 0 Å². The lowest BCUT2D eigenvalue weighted by atomic mass is 10.0. The average Bonchev–Trinajstić information content (AvgIpc) is 3.49. The molecule has 0 saturated carbocycles. The van der Waals surface area contributed by atoms with E-state index in [0.717, 1.165) is 11.1 Å². The Labute approximate surface area is 243 Å². The Morgan fingerprint density at radius 2 is 1.34 bits per heavy atom. The van der Waals surface area contributed by atoms with Crippen molar-refractivity contribution in [2.75, 3.05) is 12.0 Å². The minimum Gasteiger partial charge on any atom is -0.480 e. The van der Waals surface area contributed by atoms with Crippen molar-refractivity contribution in [2.45, 2.75) is 49.9 Å². The molecular weight excluding hydrogens is 544 g/mol. The largest absolute Gasteiger partial charge is 0.480 e. The van der Waals surface area contributed by atoms with Gasteiger partial charge in [0, 0.05) is 31.2 Å². The number of nitrogens with one attached hydrogen (secondary N) is 4. The van der Waals surface area contributed by atoms with Crippen LogP contribution in [-0.4, -0.2) is 74.9 Å². The van der Waals surface area contributed by atoms with Crippen LogP contribution in [0.4, 0.5) is 0 Å². The highest BCUT2D eigenvalue weighted by atomic mass is 32.2. The van der Waals surface area contributed by atoms with Crippen LogP contribution in [0.15, 0.2) is 73.2 Å². The molecule has 7 N–H and O–H groups in total. The van der Waals surface area contributed by atoms with Crippen LogP contribution in [0, 0.1) is 0 Å². The van der Waals surface area contributed by atoms with Gasteiger partial charge >= 0.3 is 5.97 Å². The summed E-state index contributed by atoms with van der Waals surface area (Å²) in [5, 5.41) is 17.8. The highest BCUT2D eigenvalue weighted by molar-refractivity contribution is 7.98. The van der Waals surface area contributed by atoms with Crippen LogP contribution >= 0.6 is 11.8 Å². The molecular formula is C29H36N6O5S. The summed E-state index contributed by atoms with van der Waals surface area (Å²) in [5.41, 5.74) is 8.14. The van der Waals surface area contributed by atoms with Crippen LogP contribution in [0.5, 0.6) is 0 Å². The first-order valence-corrected chi connectivity index (χ1v) is 14.6. The first-order chi connectivity index (χ1) is 19.8. The minimum absolute atomic E-state index is 0.0223. The van der Waals surface area contributed by atoms with E-state index in [1.54, 1.807) is 36.0 Å². The first kappa shape index (κ1) is 31.4. The van der Waals surface area contributed by atoms with Crippen molar-refractivity contribution in [1.29, 1.82) is 0 Å². The second-order valence-electron chi connectivity index (χ2n) is 9.57. The van der Waals surface area contributed by atoms with Crippen LogP contribution < -0.4 is 21.7 Å². The Kier molecular flexibility index (Phi) is 12.4. The van der Waals surface area contributed by atoms with Gasteiger partial charge in [0.2, 0.25) is 17.7 Å². The van der Waals surface area contributed by atoms with Crippen molar-refractivity contribution in [3.8, 4) is 0 Å². The Morgan fingerprint density at radius 3 is 1.85 bits per heavy atom. The monoisotopic (exact) mass is 580 g/mol. The molecule has 218 valence electrons. The second kappa shape index (κ2) is 16.2. The summed E-state index contributed by atoms with van der Waals surface area (Å²) in [6.45, 7) is 0. The summed E-state index contributed by atoms with van der Waals surface area (Å²) < 4.78 is 0. The van der Waals surface area contributed by atoms with Gasteiger partial charge in [0.05, 0.1) is 12.4 Å². The van der Waals surface area contributed by atoms with Crippen LogP contribution in [0.25, 0.3) is 0 Å². The lowest BCUT2D eigenvalue weighted by Gasteiger charge is -2.25. The number of aliphatic carboxylic acids is 1. The molecule has 3 rings (SSSR count). The molecule has 0 aliphatic carbocycles. The number of hydrogen-bond acceptors (Lipinski definition) is 7. The molecule has 4 unspecified atom stereocenters. The number of carboxylic acids is 1. The number of nitrogens with two attached hydrogens (primary N) is 1. The van der Waals surface area contributed by atoms with Crippen LogP contribution in [0.2, 0.25) is 0 Å². The molecule has 3 amide bonds. The summed E-state index contributed by atoms with van der Waals surface area (Å²) in [7, 11) is 0. The van der Waals surface area contributed by atoms with E-state index in [0.29, 0.717) is 17.9 Å². The number of benzene rings is 2. The highest BCUT2D eigenvalue weighted by Crippen LogP contribution is 2.09. The molecule has 1 aromatic heterocycles. The molecule has 12 heteroatoms. The van der Waals surface area contributed by atoms with Gasteiger partial charge in [-0.3, -0.25) is 14.4 Å². The number of nitrogens with zero attached hydrogens (tertiary/aromatic N) is 1. The number of hydrogen-bond donors (Lipinski definition) is 6. The standard InChI is InChI=1S/C29H36N6O5S/c1-41-13-12-22(30)26(36)33-23(14-19-8-4-2-5-9-19)27(37)34-24(16-21-17-31-18-32-21)28(38)35-25(29(39)40)15-20-10-6-3-7-11-20/h2-11,17-18,22-25H,12-16,30H2,1H3,(H,31,32)(H,33,36)(H,34,37)(H,35,38)(H,39,40). The van der Waals surface area contributed by atoms with E-state index < -0.39 is 47.9 Å². The molecule has 41 heavy (non-hydrogen) atoms. The van der Waals surface area contributed by atoms with Gasteiger partial charge in [-0.1, -0.05) is 60.7 Å². The minimum atomic E-state index is -1.22. The van der Waals surface area contributed by atoms with Gasteiger partial charge in [0.25, 0.3) is 0 Å². The van der Waals surface area contributed by atoms with Gasteiger partial charge in [0.15, 0.2) is 0 Å². The van der Waals surface area contributed by atoms with Crippen molar-refractivity contribution in [3.05, 3.63) is 90.0 Å². The SMILES string of the molecule is CSCCC(N)C(=O)NC(Cc1ccccc1)C(=O)NC(Cc1cnc[nH]1)C(=O)NC(Cc1ccccc1)C(=O)O. The Hall–Kier alpha value is -4.16. The van der Waals surface area contributed by atoms with Gasteiger partial charge in [-0.05, 0) is 29.6 Å². The maximum absolute atomic E-state index is 13.6. The van der Waals surface area contributed by atoms with E-state index in [1.807, 2.05) is 42.7 Å². The number of carbonyl (C=O) groups is 4. The van der Waals surface area contributed by atoms with Crippen LogP contribution in [0.1, 0.15) is 23.2 Å². The maximum Gasteiger partial charge on any atom is 0.326 e. The summed E-state index contributed by atoms with van der Waals surface area (Å²) in [4.78, 5) is 58.7. The third-order valence-electron chi connectivity index (χ3n) is 6.39. The Morgan fingerprint density at radius 1 is 0.829 bits per heavy atom. The van der Waals surface area contributed by atoms with Crippen LogP contribution in [-0.2, 0) is 38.4 Å². The molecule has 2 aromatic carbocycles. The number of rotatable bonds is 16. The third-order valence-corrected chi connectivity index (χ3v) is 7.04. The zero-order chi connectivity index (χ0) is 29.6. The fraction of sp³-hybridized carbons (Fsp3) is 0.345. The van der Waals surface area contributed by atoms with Gasteiger partial charge in [-0.15, -0.1) is 0 Å². The number of carboxylic acid groups (broad SMARTS) is 1. The smallest absolute Gasteiger partial charge is 0.326 e. The molecule has 0 fully saturated rings. The lowest BCUT2D eigenvalue weighted by molar-refractivity contribution is -0.142. The fourth-order valence-electron chi connectivity index (χ4n) is 4.13. The van der Waals surface area contributed by atoms with Crippen molar-refractivity contribution in [1.82, 2.24) is 25.9 Å². The summed E-state index contributed by atoms with van der Waals surface area (Å²) in [5.74, 6) is -2.28. The van der Waals surface area contributed by atoms with Gasteiger partial charge in [0.1, 0.15) is 18.1 Å². The zero-order valence-corrected chi connectivity index (χ0v) is 23.6. The fourth-order valence-corrected chi connectivity index (χ4v) is 4.62. The Bertz CT molecular complexity index is 1260. The van der Waals surface area contributed by atoms with E-state index in [-0.39, 0.29) is 19.3 Å². The van der Waals surface area contributed by atoms with Crippen molar-refractivity contribution >= 4 is 35.5 Å². The molecule has 0 aliphatic rings. The molecule has 4 atom stereocenters. The van der Waals surface area contributed by atoms with E-state index in [9.17, 15) is 24.3 Å². The van der Waals surface area contributed by atoms with Gasteiger partial charge < -0.3 is 31.8 Å². The van der Waals surface area contributed by atoms with Crippen LogP contribution in [0.3, 0.4) is 0 Å².